The molecule has 1 saturated heterocycles. The standard InChI is InChI=1S/C21H30N4O2/c1-15(19-14-22-24(3)16(19)2)23-21(26)25-13-7-5-6-8-20(25)17-9-11-18(27-4)12-10-17/h9-12,14-15,20H,5-8,13H2,1-4H3,(H,23,26). The van der Waals surface area contributed by atoms with E-state index in [1.165, 1.54) is 0 Å². The van der Waals surface area contributed by atoms with Crippen molar-refractivity contribution in [3.63, 3.8) is 0 Å². The third-order valence-electron chi connectivity index (χ3n) is 5.59. The number of methoxy groups -OCH3 is 1. The lowest BCUT2D eigenvalue weighted by Gasteiger charge is -2.32. The number of hydrogen-bond donors (Lipinski definition) is 1. The lowest BCUT2D eigenvalue weighted by atomic mass is 10.0. The molecule has 1 aliphatic rings. The monoisotopic (exact) mass is 370 g/mol. The molecule has 146 valence electrons. The number of carbonyl (C=O) groups excluding carboxylic acids is 1. The van der Waals surface area contributed by atoms with Gasteiger partial charge in [-0.1, -0.05) is 25.0 Å². The Kier molecular flexibility index (Phi) is 6.04. The van der Waals surface area contributed by atoms with Crippen LogP contribution >= 0.6 is 0 Å². The average Bonchev–Trinajstić information content (AvgIpc) is 2.88. The number of nitrogens with one attached hydrogen (secondary N) is 1. The minimum atomic E-state index is -0.0778. The first-order valence-corrected chi connectivity index (χ1v) is 9.71. The predicted octanol–water partition coefficient (Wildman–Crippen LogP) is 4.13. The summed E-state index contributed by atoms with van der Waals surface area (Å²) in [6.45, 7) is 4.82. The van der Waals surface area contributed by atoms with Gasteiger partial charge in [0.15, 0.2) is 0 Å². The first-order chi connectivity index (χ1) is 13.0. The van der Waals surface area contributed by atoms with Gasteiger partial charge in [-0.15, -0.1) is 0 Å². The summed E-state index contributed by atoms with van der Waals surface area (Å²) in [4.78, 5) is 15.1. The van der Waals surface area contributed by atoms with Crippen LogP contribution in [0.5, 0.6) is 5.75 Å². The van der Waals surface area contributed by atoms with E-state index in [0.29, 0.717) is 0 Å². The van der Waals surface area contributed by atoms with Crippen LogP contribution in [0.4, 0.5) is 4.79 Å². The topological polar surface area (TPSA) is 59.4 Å². The number of nitrogens with zero attached hydrogens (tertiary/aromatic N) is 3. The fraction of sp³-hybridized carbons (Fsp3) is 0.524. The summed E-state index contributed by atoms with van der Waals surface area (Å²) in [5.41, 5.74) is 3.30. The molecule has 2 heterocycles. The Balaban J connectivity index is 1.77. The van der Waals surface area contributed by atoms with Crippen molar-refractivity contribution in [2.45, 2.75) is 51.6 Å². The number of urea groups is 1. The van der Waals surface area contributed by atoms with Crippen LogP contribution in [-0.4, -0.2) is 34.4 Å². The van der Waals surface area contributed by atoms with Crippen molar-refractivity contribution in [1.29, 1.82) is 0 Å². The third-order valence-corrected chi connectivity index (χ3v) is 5.59. The third kappa shape index (κ3) is 4.26. The molecule has 1 aromatic heterocycles. The van der Waals surface area contributed by atoms with Crippen molar-refractivity contribution in [2.75, 3.05) is 13.7 Å². The summed E-state index contributed by atoms with van der Waals surface area (Å²) in [7, 11) is 3.59. The van der Waals surface area contributed by atoms with Gasteiger partial charge in [0.25, 0.3) is 0 Å². The Morgan fingerprint density at radius 1 is 1.26 bits per heavy atom. The van der Waals surface area contributed by atoms with Crippen molar-refractivity contribution in [3.05, 3.63) is 47.3 Å². The molecule has 2 amide bonds. The lowest BCUT2D eigenvalue weighted by molar-refractivity contribution is 0.172. The van der Waals surface area contributed by atoms with Gasteiger partial charge in [0, 0.05) is 24.8 Å². The van der Waals surface area contributed by atoms with Crippen molar-refractivity contribution in [2.24, 2.45) is 7.05 Å². The summed E-state index contributed by atoms with van der Waals surface area (Å²) in [6.07, 6.45) is 6.16. The number of aryl methyl sites for hydroxylation is 1. The second kappa shape index (κ2) is 8.46. The molecule has 0 spiro atoms. The molecular formula is C21H30N4O2. The van der Waals surface area contributed by atoms with E-state index in [2.05, 4.69) is 22.5 Å². The molecule has 0 bridgehead atoms. The molecule has 1 aromatic carbocycles. The maximum atomic E-state index is 13.1. The SMILES string of the molecule is COc1ccc(C2CCCCCN2C(=O)NC(C)c2cnn(C)c2C)cc1. The van der Waals surface area contributed by atoms with E-state index in [-0.39, 0.29) is 18.1 Å². The molecule has 6 nitrogen and oxygen atoms in total. The number of amides is 2. The van der Waals surface area contributed by atoms with Crippen LogP contribution in [0.1, 0.15) is 61.5 Å². The molecule has 0 aliphatic carbocycles. The van der Waals surface area contributed by atoms with Gasteiger partial charge >= 0.3 is 6.03 Å². The van der Waals surface area contributed by atoms with Crippen LogP contribution < -0.4 is 10.1 Å². The molecule has 1 N–H and O–H groups in total. The van der Waals surface area contributed by atoms with Crippen LogP contribution in [0.2, 0.25) is 0 Å². The fourth-order valence-corrected chi connectivity index (χ4v) is 3.81. The number of ether oxygens (including phenoxy) is 1. The Morgan fingerprint density at radius 3 is 2.63 bits per heavy atom. The highest BCUT2D eigenvalue weighted by atomic mass is 16.5. The zero-order valence-electron chi connectivity index (χ0n) is 16.7. The van der Waals surface area contributed by atoms with Gasteiger partial charge in [-0.05, 0) is 44.4 Å². The Hall–Kier alpha value is -2.50. The van der Waals surface area contributed by atoms with Gasteiger partial charge in [0.1, 0.15) is 5.75 Å². The maximum Gasteiger partial charge on any atom is 0.318 e. The predicted molar refractivity (Wildman–Crippen MR) is 106 cm³/mol. The number of hydrogen-bond acceptors (Lipinski definition) is 3. The summed E-state index contributed by atoms with van der Waals surface area (Å²) in [5, 5.41) is 7.47. The second-order valence-corrected chi connectivity index (χ2v) is 7.31. The van der Waals surface area contributed by atoms with Crippen molar-refractivity contribution in [3.8, 4) is 5.75 Å². The molecule has 1 aliphatic heterocycles. The molecule has 1 fully saturated rings. The van der Waals surface area contributed by atoms with Crippen LogP contribution in [0.3, 0.4) is 0 Å². The lowest BCUT2D eigenvalue weighted by Crippen LogP contribution is -2.43. The van der Waals surface area contributed by atoms with E-state index in [0.717, 1.165) is 54.8 Å². The molecule has 2 unspecified atom stereocenters. The van der Waals surface area contributed by atoms with E-state index < -0.39 is 0 Å². The number of rotatable bonds is 4. The van der Waals surface area contributed by atoms with E-state index in [1.54, 1.807) is 7.11 Å². The van der Waals surface area contributed by atoms with E-state index in [4.69, 9.17) is 4.74 Å². The van der Waals surface area contributed by atoms with Gasteiger partial charge in [0.05, 0.1) is 25.4 Å². The van der Waals surface area contributed by atoms with Crippen molar-refractivity contribution >= 4 is 6.03 Å². The summed E-state index contributed by atoms with van der Waals surface area (Å²) < 4.78 is 7.11. The summed E-state index contributed by atoms with van der Waals surface area (Å²) >= 11 is 0. The zero-order chi connectivity index (χ0) is 19.4. The van der Waals surface area contributed by atoms with Gasteiger partial charge in [-0.25, -0.2) is 4.79 Å². The summed E-state index contributed by atoms with van der Waals surface area (Å²) in [6, 6.07) is 8.10. The molecule has 2 atom stereocenters. The first-order valence-electron chi connectivity index (χ1n) is 9.71. The smallest absolute Gasteiger partial charge is 0.318 e. The number of carbonyl (C=O) groups is 1. The number of benzene rings is 1. The molecule has 3 rings (SSSR count). The highest BCUT2D eigenvalue weighted by Gasteiger charge is 2.28. The van der Waals surface area contributed by atoms with Crippen molar-refractivity contribution < 1.29 is 9.53 Å². The van der Waals surface area contributed by atoms with Crippen molar-refractivity contribution in [1.82, 2.24) is 20.0 Å². The molecule has 0 saturated carbocycles. The second-order valence-electron chi connectivity index (χ2n) is 7.31. The minimum Gasteiger partial charge on any atom is -0.497 e. The van der Waals surface area contributed by atoms with Crippen LogP contribution in [0, 0.1) is 6.92 Å². The maximum absolute atomic E-state index is 13.1. The first kappa shape index (κ1) is 19.3. The molecule has 27 heavy (non-hydrogen) atoms. The fourth-order valence-electron chi connectivity index (χ4n) is 3.81. The van der Waals surface area contributed by atoms with E-state index >= 15 is 0 Å². The van der Waals surface area contributed by atoms with E-state index in [9.17, 15) is 4.79 Å². The van der Waals surface area contributed by atoms with Crippen LogP contribution in [-0.2, 0) is 7.05 Å². The highest BCUT2D eigenvalue weighted by Crippen LogP contribution is 2.31. The number of aromatic nitrogens is 2. The largest absolute Gasteiger partial charge is 0.497 e. The molecule has 6 heteroatoms. The highest BCUT2D eigenvalue weighted by molar-refractivity contribution is 5.75. The van der Waals surface area contributed by atoms with Gasteiger partial charge in [0.2, 0.25) is 0 Å². The normalized spacial score (nSPS) is 18.7. The van der Waals surface area contributed by atoms with Gasteiger partial charge in [-0.3, -0.25) is 4.68 Å². The van der Waals surface area contributed by atoms with Crippen LogP contribution in [0.15, 0.2) is 30.5 Å². The molecule has 0 radical (unpaired) electrons. The Bertz CT molecular complexity index is 769. The molecule has 2 aromatic rings. The average molecular weight is 370 g/mol. The van der Waals surface area contributed by atoms with Gasteiger partial charge < -0.3 is 15.0 Å². The summed E-state index contributed by atoms with van der Waals surface area (Å²) in [5.74, 6) is 0.837. The quantitative estimate of drug-likeness (QED) is 0.880. The Labute approximate surface area is 161 Å². The minimum absolute atomic E-state index is 0.00605. The Morgan fingerprint density at radius 2 is 2.00 bits per heavy atom. The van der Waals surface area contributed by atoms with E-state index in [1.807, 2.05) is 48.8 Å². The number of likely N-dealkylation sites (tertiary alicyclic amines) is 1. The zero-order valence-corrected chi connectivity index (χ0v) is 16.7. The van der Waals surface area contributed by atoms with Crippen LogP contribution in [0.25, 0.3) is 0 Å². The molecular weight excluding hydrogens is 340 g/mol. The van der Waals surface area contributed by atoms with Gasteiger partial charge in [-0.2, -0.15) is 5.10 Å².